The van der Waals surface area contributed by atoms with Gasteiger partial charge in [0.1, 0.15) is 6.04 Å². The van der Waals surface area contributed by atoms with Crippen molar-refractivity contribution in [2.45, 2.75) is 71.8 Å². The summed E-state index contributed by atoms with van der Waals surface area (Å²) in [5, 5.41) is 9.13. The van der Waals surface area contributed by atoms with Crippen LogP contribution in [0.3, 0.4) is 0 Å². The van der Waals surface area contributed by atoms with Gasteiger partial charge in [0.15, 0.2) is 0 Å². The van der Waals surface area contributed by atoms with E-state index >= 15 is 0 Å². The fourth-order valence-corrected chi connectivity index (χ4v) is 2.49. The molecule has 1 N–H and O–H groups in total. The van der Waals surface area contributed by atoms with Crippen molar-refractivity contribution in [2.75, 3.05) is 6.61 Å². The number of nitrogens with zero attached hydrogens (tertiary/aromatic N) is 1. The number of unbranched alkanes of at least 4 members (excludes halogenated alkanes) is 2. The van der Waals surface area contributed by atoms with Gasteiger partial charge in [-0.2, -0.15) is 0 Å². The summed E-state index contributed by atoms with van der Waals surface area (Å²) in [5.74, 6) is -3.24. The number of carboxylic acids is 1. The van der Waals surface area contributed by atoms with Gasteiger partial charge in [0, 0.05) is 12.8 Å². The minimum absolute atomic E-state index is 0.0355. The van der Waals surface area contributed by atoms with Crippen LogP contribution in [-0.2, 0) is 23.9 Å². The molecule has 0 bridgehead atoms. The minimum Gasteiger partial charge on any atom is -0.481 e. The predicted molar refractivity (Wildman–Crippen MR) is 102 cm³/mol. The number of ether oxygens (including phenoxy) is 1. The van der Waals surface area contributed by atoms with Gasteiger partial charge < -0.3 is 9.84 Å². The average molecular weight is 381 g/mol. The maximum Gasteiger partial charge on any atom is 0.329 e. The summed E-state index contributed by atoms with van der Waals surface area (Å²) < 4.78 is 4.90. The molecule has 1 unspecified atom stereocenters. The van der Waals surface area contributed by atoms with Crippen molar-refractivity contribution in [1.29, 1.82) is 0 Å². The molecule has 0 aliphatic rings. The number of imide groups is 1. The summed E-state index contributed by atoms with van der Waals surface area (Å²) in [6.07, 6.45) is 9.31. The van der Waals surface area contributed by atoms with Crippen molar-refractivity contribution < 1.29 is 29.0 Å². The third-order valence-corrected chi connectivity index (χ3v) is 3.77. The molecule has 0 heterocycles. The zero-order valence-corrected chi connectivity index (χ0v) is 16.5. The first kappa shape index (κ1) is 24.6. The van der Waals surface area contributed by atoms with Gasteiger partial charge in [0.25, 0.3) is 0 Å². The number of amides is 2. The van der Waals surface area contributed by atoms with Gasteiger partial charge in [0.2, 0.25) is 11.8 Å². The molecule has 0 aliphatic carbocycles. The molecule has 0 radical (unpaired) electrons. The van der Waals surface area contributed by atoms with E-state index in [1.54, 1.807) is 6.92 Å². The maximum atomic E-state index is 12.6. The SMILES string of the molecule is C/C=C/CCCC(=O)N(C(=O)CCC/C=C/C)C(CC(=O)O)C(=O)OCC. The van der Waals surface area contributed by atoms with Crippen LogP contribution in [0.15, 0.2) is 24.3 Å². The number of hydrogen-bond donors (Lipinski definition) is 1. The third-order valence-electron chi connectivity index (χ3n) is 3.77. The Labute approximate surface area is 161 Å². The number of aliphatic carboxylic acids is 1. The molecular weight excluding hydrogens is 350 g/mol. The molecule has 1 atom stereocenters. The first-order chi connectivity index (χ1) is 12.9. The quantitative estimate of drug-likeness (QED) is 0.299. The van der Waals surface area contributed by atoms with Crippen molar-refractivity contribution in [3.8, 4) is 0 Å². The highest BCUT2D eigenvalue weighted by Crippen LogP contribution is 2.15. The standard InChI is InChI=1S/C20H31NO6/c1-4-7-9-11-13-17(22)21(18(23)14-12-10-8-5-2)16(15-19(24)25)20(26)27-6-3/h4-5,7-8,16H,6,9-15H2,1-3H3,(H,24,25)/b7-4+,8-5+. The minimum atomic E-state index is -1.44. The smallest absolute Gasteiger partial charge is 0.329 e. The van der Waals surface area contributed by atoms with E-state index in [9.17, 15) is 19.2 Å². The number of carbonyl (C=O) groups is 4. The molecule has 0 aromatic heterocycles. The maximum absolute atomic E-state index is 12.6. The Morgan fingerprint density at radius 3 is 1.81 bits per heavy atom. The van der Waals surface area contributed by atoms with Crippen LogP contribution >= 0.6 is 0 Å². The highest BCUT2D eigenvalue weighted by molar-refractivity contribution is 6.00. The molecular formula is C20H31NO6. The Morgan fingerprint density at radius 2 is 1.44 bits per heavy atom. The topological polar surface area (TPSA) is 101 Å². The largest absolute Gasteiger partial charge is 0.481 e. The van der Waals surface area contributed by atoms with Crippen LogP contribution in [0.1, 0.15) is 65.7 Å². The van der Waals surface area contributed by atoms with E-state index in [1.807, 2.05) is 38.2 Å². The van der Waals surface area contributed by atoms with E-state index in [4.69, 9.17) is 9.84 Å². The summed E-state index contributed by atoms with van der Waals surface area (Å²) >= 11 is 0. The van der Waals surface area contributed by atoms with Crippen LogP contribution < -0.4 is 0 Å². The molecule has 0 saturated heterocycles. The highest BCUT2D eigenvalue weighted by Gasteiger charge is 2.36. The second-order valence-corrected chi connectivity index (χ2v) is 5.95. The molecule has 0 spiro atoms. The number of allylic oxidation sites excluding steroid dienone is 4. The van der Waals surface area contributed by atoms with Crippen LogP contribution in [0.2, 0.25) is 0 Å². The van der Waals surface area contributed by atoms with E-state index in [0.717, 1.165) is 4.90 Å². The predicted octanol–water partition coefficient (Wildman–Crippen LogP) is 3.24. The van der Waals surface area contributed by atoms with Crippen molar-refractivity contribution in [2.24, 2.45) is 0 Å². The summed E-state index contributed by atoms with van der Waals surface area (Å²) in [6, 6.07) is -1.44. The number of carboxylic acid groups (broad SMARTS) is 1. The zero-order chi connectivity index (χ0) is 20.7. The van der Waals surface area contributed by atoms with E-state index in [0.29, 0.717) is 25.7 Å². The van der Waals surface area contributed by atoms with Gasteiger partial charge in [-0.15, -0.1) is 0 Å². The van der Waals surface area contributed by atoms with E-state index in [1.165, 1.54) is 0 Å². The van der Waals surface area contributed by atoms with Gasteiger partial charge in [-0.3, -0.25) is 19.3 Å². The Morgan fingerprint density at radius 1 is 0.963 bits per heavy atom. The number of esters is 1. The van der Waals surface area contributed by atoms with Crippen molar-refractivity contribution in [1.82, 2.24) is 4.90 Å². The van der Waals surface area contributed by atoms with E-state index in [-0.39, 0.29) is 19.4 Å². The van der Waals surface area contributed by atoms with Crippen molar-refractivity contribution in [3.63, 3.8) is 0 Å². The second kappa shape index (κ2) is 14.7. The van der Waals surface area contributed by atoms with Crippen LogP contribution in [0.4, 0.5) is 0 Å². The molecule has 27 heavy (non-hydrogen) atoms. The highest BCUT2D eigenvalue weighted by atomic mass is 16.5. The summed E-state index contributed by atoms with van der Waals surface area (Å²) in [5.41, 5.74) is 0. The Kier molecular flexibility index (Phi) is 13.4. The Bertz CT molecular complexity index is 523. The lowest BCUT2D eigenvalue weighted by Crippen LogP contribution is -2.50. The average Bonchev–Trinajstić information content (AvgIpc) is 2.61. The molecule has 0 aromatic carbocycles. The van der Waals surface area contributed by atoms with Crippen LogP contribution in [-0.4, -0.2) is 46.4 Å². The normalized spacial score (nSPS) is 12.3. The molecule has 2 amide bonds. The van der Waals surface area contributed by atoms with Crippen molar-refractivity contribution >= 4 is 23.8 Å². The molecule has 0 aromatic rings. The molecule has 7 heteroatoms. The molecule has 0 aliphatic heterocycles. The van der Waals surface area contributed by atoms with Crippen LogP contribution in [0.5, 0.6) is 0 Å². The summed E-state index contributed by atoms with van der Waals surface area (Å²) in [7, 11) is 0. The van der Waals surface area contributed by atoms with E-state index in [2.05, 4.69) is 0 Å². The number of rotatable bonds is 13. The fourth-order valence-electron chi connectivity index (χ4n) is 2.49. The van der Waals surface area contributed by atoms with Gasteiger partial charge in [-0.25, -0.2) is 4.79 Å². The summed E-state index contributed by atoms with van der Waals surface area (Å²) in [4.78, 5) is 49.5. The van der Waals surface area contributed by atoms with Crippen molar-refractivity contribution in [3.05, 3.63) is 24.3 Å². The van der Waals surface area contributed by atoms with Gasteiger partial charge in [-0.05, 0) is 46.5 Å². The molecule has 152 valence electrons. The fraction of sp³-hybridized carbons (Fsp3) is 0.600. The monoisotopic (exact) mass is 381 g/mol. The molecule has 7 nitrogen and oxygen atoms in total. The summed E-state index contributed by atoms with van der Waals surface area (Å²) in [6.45, 7) is 5.35. The van der Waals surface area contributed by atoms with Crippen LogP contribution in [0, 0.1) is 0 Å². The molecule has 0 saturated carbocycles. The lowest BCUT2D eigenvalue weighted by atomic mass is 10.1. The zero-order valence-electron chi connectivity index (χ0n) is 16.5. The van der Waals surface area contributed by atoms with Gasteiger partial charge in [0.05, 0.1) is 13.0 Å². The first-order valence-electron chi connectivity index (χ1n) is 9.34. The number of hydrogen-bond acceptors (Lipinski definition) is 5. The van der Waals surface area contributed by atoms with Gasteiger partial charge >= 0.3 is 11.9 Å². The lowest BCUT2D eigenvalue weighted by molar-refractivity contribution is -0.163. The Balaban J connectivity index is 5.39. The second-order valence-electron chi connectivity index (χ2n) is 5.95. The number of carbonyl (C=O) groups excluding carboxylic acids is 3. The first-order valence-corrected chi connectivity index (χ1v) is 9.34. The van der Waals surface area contributed by atoms with E-state index < -0.39 is 36.2 Å². The Hall–Kier alpha value is -2.44. The third kappa shape index (κ3) is 10.3. The molecule has 0 rings (SSSR count). The lowest BCUT2D eigenvalue weighted by Gasteiger charge is -2.28. The molecule has 0 fully saturated rings. The van der Waals surface area contributed by atoms with Crippen LogP contribution in [0.25, 0.3) is 0 Å². The van der Waals surface area contributed by atoms with Gasteiger partial charge in [-0.1, -0.05) is 24.3 Å².